The lowest BCUT2D eigenvalue weighted by atomic mass is 9.83. The zero-order chi connectivity index (χ0) is 9.35. The van der Waals surface area contributed by atoms with Crippen LogP contribution < -0.4 is 0 Å². The van der Waals surface area contributed by atoms with E-state index in [1.54, 1.807) is 0 Å². The molecule has 2 heteroatoms. The van der Waals surface area contributed by atoms with Gasteiger partial charge in [0.25, 0.3) is 0 Å². The first-order chi connectivity index (χ1) is 5.43. The first-order valence-electron chi connectivity index (χ1n) is 4.70. The predicted octanol–water partition coefficient (Wildman–Crippen LogP) is 2.04. The van der Waals surface area contributed by atoms with Gasteiger partial charge >= 0.3 is 0 Å². The highest BCUT2D eigenvalue weighted by Crippen LogP contribution is 2.29. The Labute approximate surface area is 74.9 Å². The SMILES string of the molecule is CN(C(=O)C1CCC1)C(C)(C)C. The Balaban J connectivity index is 2.51. The van der Waals surface area contributed by atoms with Crippen molar-refractivity contribution in [3.8, 4) is 0 Å². The summed E-state index contributed by atoms with van der Waals surface area (Å²) in [5.74, 6) is 0.656. The zero-order valence-electron chi connectivity index (χ0n) is 8.55. The predicted molar refractivity (Wildman–Crippen MR) is 49.9 cm³/mol. The summed E-state index contributed by atoms with van der Waals surface area (Å²) in [6.07, 6.45) is 3.42. The first kappa shape index (κ1) is 9.56. The van der Waals surface area contributed by atoms with Gasteiger partial charge in [-0.3, -0.25) is 4.79 Å². The van der Waals surface area contributed by atoms with Gasteiger partial charge in [0.15, 0.2) is 0 Å². The number of rotatable bonds is 1. The molecule has 0 N–H and O–H groups in total. The van der Waals surface area contributed by atoms with Crippen molar-refractivity contribution in [2.45, 2.75) is 45.6 Å². The molecule has 0 heterocycles. The van der Waals surface area contributed by atoms with Crippen molar-refractivity contribution in [2.24, 2.45) is 5.92 Å². The second-order valence-electron chi connectivity index (χ2n) is 4.70. The van der Waals surface area contributed by atoms with E-state index < -0.39 is 0 Å². The summed E-state index contributed by atoms with van der Waals surface area (Å²) >= 11 is 0. The number of carbonyl (C=O) groups is 1. The van der Waals surface area contributed by atoms with Gasteiger partial charge in [0.2, 0.25) is 5.91 Å². The van der Waals surface area contributed by atoms with Gasteiger partial charge in [0.1, 0.15) is 0 Å². The van der Waals surface area contributed by atoms with Crippen molar-refractivity contribution < 1.29 is 4.79 Å². The zero-order valence-corrected chi connectivity index (χ0v) is 8.55. The quantitative estimate of drug-likeness (QED) is 0.588. The van der Waals surface area contributed by atoms with E-state index in [9.17, 15) is 4.79 Å². The summed E-state index contributed by atoms with van der Waals surface area (Å²) in [6.45, 7) is 6.22. The van der Waals surface area contributed by atoms with Crippen LogP contribution in [0.2, 0.25) is 0 Å². The summed E-state index contributed by atoms with van der Waals surface area (Å²) in [5, 5.41) is 0. The second-order valence-corrected chi connectivity index (χ2v) is 4.70. The van der Waals surface area contributed by atoms with E-state index in [2.05, 4.69) is 20.8 Å². The van der Waals surface area contributed by atoms with Crippen molar-refractivity contribution in [3.05, 3.63) is 0 Å². The molecule has 1 fully saturated rings. The molecule has 0 aromatic heterocycles. The number of carbonyl (C=O) groups excluding carboxylic acids is 1. The average Bonchev–Trinajstić information content (AvgIpc) is 1.79. The standard InChI is InChI=1S/C10H19NO/c1-10(2,3)11(4)9(12)8-6-5-7-8/h8H,5-7H2,1-4H3. The van der Waals surface area contributed by atoms with Crippen molar-refractivity contribution in [1.29, 1.82) is 0 Å². The first-order valence-corrected chi connectivity index (χ1v) is 4.70. The molecular formula is C10H19NO. The monoisotopic (exact) mass is 169 g/mol. The minimum atomic E-state index is -0.0212. The summed E-state index contributed by atoms with van der Waals surface area (Å²) in [4.78, 5) is 13.6. The maximum Gasteiger partial charge on any atom is 0.225 e. The van der Waals surface area contributed by atoms with Crippen LogP contribution in [0.3, 0.4) is 0 Å². The molecule has 0 spiro atoms. The van der Waals surface area contributed by atoms with Gasteiger partial charge in [-0.15, -0.1) is 0 Å². The minimum Gasteiger partial charge on any atom is -0.341 e. The highest BCUT2D eigenvalue weighted by atomic mass is 16.2. The average molecular weight is 169 g/mol. The molecule has 12 heavy (non-hydrogen) atoms. The number of hydrogen-bond donors (Lipinski definition) is 0. The van der Waals surface area contributed by atoms with Crippen LogP contribution in [0.1, 0.15) is 40.0 Å². The second kappa shape index (κ2) is 3.08. The molecule has 1 saturated carbocycles. The summed E-state index contributed by atoms with van der Waals surface area (Å²) in [6, 6.07) is 0. The Bertz CT molecular complexity index is 177. The van der Waals surface area contributed by atoms with Crippen LogP contribution >= 0.6 is 0 Å². The van der Waals surface area contributed by atoms with E-state index in [0.717, 1.165) is 12.8 Å². The van der Waals surface area contributed by atoms with Gasteiger partial charge in [0.05, 0.1) is 0 Å². The van der Waals surface area contributed by atoms with Crippen molar-refractivity contribution in [2.75, 3.05) is 7.05 Å². The topological polar surface area (TPSA) is 20.3 Å². The molecule has 1 aliphatic carbocycles. The maximum absolute atomic E-state index is 11.7. The van der Waals surface area contributed by atoms with Crippen LogP contribution in [0.5, 0.6) is 0 Å². The van der Waals surface area contributed by atoms with Crippen LogP contribution in [-0.2, 0) is 4.79 Å². The van der Waals surface area contributed by atoms with Crippen LogP contribution in [0, 0.1) is 5.92 Å². The third-order valence-electron chi connectivity index (χ3n) is 2.79. The Morgan fingerprint density at radius 2 is 1.83 bits per heavy atom. The van der Waals surface area contributed by atoms with E-state index in [-0.39, 0.29) is 5.54 Å². The molecule has 0 aromatic rings. The number of nitrogens with zero attached hydrogens (tertiary/aromatic N) is 1. The smallest absolute Gasteiger partial charge is 0.225 e. The Morgan fingerprint density at radius 3 is 2.08 bits per heavy atom. The molecule has 0 aliphatic heterocycles. The maximum atomic E-state index is 11.7. The third-order valence-corrected chi connectivity index (χ3v) is 2.79. The van der Waals surface area contributed by atoms with Crippen molar-refractivity contribution >= 4 is 5.91 Å². The van der Waals surface area contributed by atoms with Crippen LogP contribution in [0.15, 0.2) is 0 Å². The summed E-state index contributed by atoms with van der Waals surface area (Å²) < 4.78 is 0. The van der Waals surface area contributed by atoms with Crippen LogP contribution in [0.25, 0.3) is 0 Å². The highest BCUT2D eigenvalue weighted by Gasteiger charge is 2.32. The van der Waals surface area contributed by atoms with Crippen molar-refractivity contribution in [1.82, 2.24) is 4.90 Å². The fraction of sp³-hybridized carbons (Fsp3) is 0.900. The molecule has 0 unspecified atom stereocenters. The molecule has 1 rings (SSSR count). The van der Waals surface area contributed by atoms with Crippen LogP contribution in [-0.4, -0.2) is 23.4 Å². The van der Waals surface area contributed by atoms with Gasteiger partial charge in [-0.05, 0) is 33.6 Å². The van der Waals surface area contributed by atoms with Gasteiger partial charge in [-0.2, -0.15) is 0 Å². The molecule has 0 atom stereocenters. The molecule has 2 nitrogen and oxygen atoms in total. The molecule has 70 valence electrons. The third kappa shape index (κ3) is 1.79. The van der Waals surface area contributed by atoms with E-state index in [0.29, 0.717) is 11.8 Å². The lowest BCUT2D eigenvalue weighted by molar-refractivity contribution is -0.141. The minimum absolute atomic E-state index is 0.0212. The highest BCUT2D eigenvalue weighted by molar-refractivity contribution is 5.79. The molecule has 1 aliphatic rings. The molecular weight excluding hydrogens is 150 g/mol. The molecule has 0 radical (unpaired) electrons. The Hall–Kier alpha value is -0.530. The lowest BCUT2D eigenvalue weighted by Gasteiger charge is -2.37. The van der Waals surface area contributed by atoms with Gasteiger partial charge in [-0.25, -0.2) is 0 Å². The lowest BCUT2D eigenvalue weighted by Crippen LogP contribution is -2.46. The molecule has 1 amide bonds. The van der Waals surface area contributed by atoms with Crippen LogP contribution in [0.4, 0.5) is 0 Å². The number of amides is 1. The van der Waals surface area contributed by atoms with E-state index >= 15 is 0 Å². The van der Waals surface area contributed by atoms with E-state index in [1.165, 1.54) is 6.42 Å². The van der Waals surface area contributed by atoms with Gasteiger partial charge in [0, 0.05) is 18.5 Å². The molecule has 0 saturated heterocycles. The van der Waals surface area contributed by atoms with Crippen molar-refractivity contribution in [3.63, 3.8) is 0 Å². The Kier molecular flexibility index (Phi) is 2.45. The Morgan fingerprint density at radius 1 is 1.33 bits per heavy atom. The van der Waals surface area contributed by atoms with Gasteiger partial charge < -0.3 is 4.90 Å². The summed E-state index contributed by atoms with van der Waals surface area (Å²) in [5.41, 5.74) is -0.0212. The molecule has 0 aromatic carbocycles. The normalized spacial score (nSPS) is 18.7. The number of hydrogen-bond acceptors (Lipinski definition) is 1. The fourth-order valence-corrected chi connectivity index (χ4v) is 1.26. The largest absolute Gasteiger partial charge is 0.341 e. The van der Waals surface area contributed by atoms with Gasteiger partial charge in [-0.1, -0.05) is 6.42 Å². The van der Waals surface area contributed by atoms with E-state index in [4.69, 9.17) is 0 Å². The van der Waals surface area contributed by atoms with E-state index in [1.807, 2.05) is 11.9 Å². The fourth-order valence-electron chi connectivity index (χ4n) is 1.26. The summed E-state index contributed by atoms with van der Waals surface area (Å²) in [7, 11) is 1.90. The molecule has 0 bridgehead atoms.